The SMILES string of the molecule is COBNc1ccc(O)c2c1Cc1ccccc1S2. The summed E-state index contributed by atoms with van der Waals surface area (Å²) >= 11 is 1.63. The average molecular weight is 271 g/mol. The van der Waals surface area contributed by atoms with Crippen molar-refractivity contribution in [1.82, 2.24) is 0 Å². The maximum Gasteiger partial charge on any atom is 0.393 e. The molecule has 0 saturated heterocycles. The molecule has 0 amide bonds. The molecular formula is C14H14BNO2S. The van der Waals surface area contributed by atoms with E-state index >= 15 is 0 Å². The number of nitrogens with one attached hydrogen (secondary N) is 1. The van der Waals surface area contributed by atoms with Crippen molar-refractivity contribution < 1.29 is 9.76 Å². The Balaban J connectivity index is 2.03. The molecule has 2 N–H and O–H groups in total. The fraction of sp³-hybridized carbons (Fsp3) is 0.143. The number of hydrogen-bond donors (Lipinski definition) is 2. The first-order valence-corrected chi connectivity index (χ1v) is 6.94. The van der Waals surface area contributed by atoms with Crippen LogP contribution in [0.2, 0.25) is 0 Å². The van der Waals surface area contributed by atoms with Crippen LogP contribution in [0.3, 0.4) is 0 Å². The first-order valence-electron chi connectivity index (χ1n) is 6.13. The van der Waals surface area contributed by atoms with Crippen LogP contribution in [0.15, 0.2) is 46.2 Å². The smallest absolute Gasteiger partial charge is 0.393 e. The topological polar surface area (TPSA) is 41.5 Å². The summed E-state index contributed by atoms with van der Waals surface area (Å²) in [5.41, 5.74) is 3.46. The van der Waals surface area contributed by atoms with E-state index in [0.717, 1.165) is 22.6 Å². The quantitative estimate of drug-likeness (QED) is 0.567. The molecule has 3 nitrogen and oxygen atoms in total. The van der Waals surface area contributed by atoms with Gasteiger partial charge >= 0.3 is 7.62 Å². The summed E-state index contributed by atoms with van der Waals surface area (Å²) in [6.45, 7) is 0. The van der Waals surface area contributed by atoms with Crippen molar-refractivity contribution in [2.24, 2.45) is 0 Å². The lowest BCUT2D eigenvalue weighted by Crippen LogP contribution is -2.12. The highest BCUT2D eigenvalue weighted by molar-refractivity contribution is 7.99. The van der Waals surface area contributed by atoms with Crippen LogP contribution < -0.4 is 5.23 Å². The van der Waals surface area contributed by atoms with Gasteiger partial charge in [0.2, 0.25) is 0 Å². The lowest BCUT2D eigenvalue weighted by atomic mass is 10.0. The molecule has 0 spiro atoms. The Bertz CT molecular complexity index is 618. The van der Waals surface area contributed by atoms with Gasteiger partial charge in [-0.2, -0.15) is 0 Å². The fourth-order valence-corrected chi connectivity index (χ4v) is 3.39. The highest BCUT2D eigenvalue weighted by atomic mass is 32.2. The average Bonchev–Trinajstić information content (AvgIpc) is 2.45. The van der Waals surface area contributed by atoms with Crippen molar-refractivity contribution in [3.63, 3.8) is 0 Å². The minimum Gasteiger partial charge on any atom is -0.507 e. The number of phenolic OH excluding ortho intramolecular Hbond substituents is 1. The van der Waals surface area contributed by atoms with E-state index in [4.69, 9.17) is 4.65 Å². The van der Waals surface area contributed by atoms with Gasteiger partial charge in [0.25, 0.3) is 0 Å². The summed E-state index contributed by atoms with van der Waals surface area (Å²) < 4.78 is 5.06. The predicted molar refractivity (Wildman–Crippen MR) is 79.3 cm³/mol. The molecule has 0 fully saturated rings. The van der Waals surface area contributed by atoms with Crippen LogP contribution in [0.5, 0.6) is 5.75 Å². The zero-order valence-electron chi connectivity index (χ0n) is 10.6. The Labute approximate surface area is 117 Å². The van der Waals surface area contributed by atoms with E-state index in [1.807, 2.05) is 12.1 Å². The van der Waals surface area contributed by atoms with Gasteiger partial charge in [0.15, 0.2) is 0 Å². The van der Waals surface area contributed by atoms with Gasteiger partial charge in [0, 0.05) is 24.1 Å². The number of benzene rings is 2. The number of hydrogen-bond acceptors (Lipinski definition) is 4. The number of aromatic hydroxyl groups is 1. The second-order valence-electron chi connectivity index (χ2n) is 4.44. The molecule has 0 saturated carbocycles. The molecule has 0 aromatic heterocycles. The van der Waals surface area contributed by atoms with Crippen LogP contribution in [0.25, 0.3) is 0 Å². The van der Waals surface area contributed by atoms with Gasteiger partial charge in [-0.05, 0) is 29.3 Å². The van der Waals surface area contributed by atoms with Gasteiger partial charge in [-0.1, -0.05) is 30.0 Å². The molecule has 1 aliphatic rings. The fourth-order valence-electron chi connectivity index (χ4n) is 2.27. The van der Waals surface area contributed by atoms with Crippen molar-refractivity contribution in [1.29, 1.82) is 0 Å². The van der Waals surface area contributed by atoms with Crippen molar-refractivity contribution in [3.8, 4) is 5.75 Å². The summed E-state index contributed by atoms with van der Waals surface area (Å²) in [6.07, 6.45) is 0.832. The Kier molecular flexibility index (Phi) is 3.40. The number of phenols is 1. The van der Waals surface area contributed by atoms with E-state index in [0.29, 0.717) is 13.4 Å². The molecule has 0 unspecified atom stereocenters. The van der Waals surface area contributed by atoms with Gasteiger partial charge in [0.1, 0.15) is 5.75 Å². The Hall–Kier alpha value is -1.59. The zero-order chi connectivity index (χ0) is 13.2. The molecule has 3 rings (SSSR count). The summed E-state index contributed by atoms with van der Waals surface area (Å²) in [6, 6.07) is 11.9. The van der Waals surface area contributed by atoms with E-state index in [2.05, 4.69) is 23.4 Å². The summed E-state index contributed by atoms with van der Waals surface area (Å²) in [5, 5.41) is 13.3. The monoisotopic (exact) mass is 271 g/mol. The lowest BCUT2D eigenvalue weighted by Gasteiger charge is -2.22. The highest BCUT2D eigenvalue weighted by Gasteiger charge is 2.21. The van der Waals surface area contributed by atoms with Crippen molar-refractivity contribution in [3.05, 3.63) is 47.5 Å². The molecule has 1 aliphatic heterocycles. The zero-order valence-corrected chi connectivity index (χ0v) is 11.5. The molecule has 96 valence electrons. The maximum atomic E-state index is 10.1. The van der Waals surface area contributed by atoms with Crippen LogP contribution in [0.4, 0.5) is 5.69 Å². The molecule has 0 bridgehead atoms. The van der Waals surface area contributed by atoms with Crippen LogP contribution in [-0.2, 0) is 11.1 Å². The Morgan fingerprint density at radius 3 is 2.95 bits per heavy atom. The van der Waals surface area contributed by atoms with E-state index in [-0.39, 0.29) is 0 Å². The molecule has 19 heavy (non-hydrogen) atoms. The third-order valence-corrected chi connectivity index (χ3v) is 4.48. The van der Waals surface area contributed by atoms with Crippen LogP contribution in [0.1, 0.15) is 11.1 Å². The minimum atomic E-state index is 0.345. The minimum absolute atomic E-state index is 0.345. The highest BCUT2D eigenvalue weighted by Crippen LogP contribution is 2.46. The van der Waals surface area contributed by atoms with Gasteiger partial charge in [-0.3, -0.25) is 0 Å². The van der Waals surface area contributed by atoms with Crippen LogP contribution >= 0.6 is 11.8 Å². The Morgan fingerprint density at radius 1 is 1.26 bits per heavy atom. The van der Waals surface area contributed by atoms with Gasteiger partial charge in [0.05, 0.1) is 4.90 Å². The second kappa shape index (κ2) is 5.19. The molecule has 2 aromatic carbocycles. The Morgan fingerprint density at radius 2 is 2.11 bits per heavy atom. The molecule has 5 heteroatoms. The normalized spacial score (nSPS) is 12.5. The number of fused-ring (bicyclic) bond motifs is 2. The standard InChI is InChI=1S/C14H14BNO2S/c1-18-15-16-11-6-7-12(17)14-10(11)8-9-4-2-3-5-13(9)19-14/h2-7,15-17H,8H2,1H3. The van der Waals surface area contributed by atoms with Crippen LogP contribution in [-0.4, -0.2) is 19.8 Å². The molecule has 0 radical (unpaired) electrons. The van der Waals surface area contributed by atoms with Crippen molar-refractivity contribution in [2.75, 3.05) is 12.3 Å². The molecule has 0 atom stereocenters. The number of rotatable bonds is 3. The van der Waals surface area contributed by atoms with Crippen molar-refractivity contribution in [2.45, 2.75) is 16.2 Å². The second-order valence-corrected chi connectivity index (χ2v) is 5.49. The van der Waals surface area contributed by atoms with E-state index in [1.165, 1.54) is 10.5 Å². The van der Waals surface area contributed by atoms with E-state index in [9.17, 15) is 5.11 Å². The summed E-state index contributed by atoms with van der Waals surface area (Å²) in [5.74, 6) is 0.345. The van der Waals surface area contributed by atoms with Gasteiger partial charge in [-0.25, -0.2) is 0 Å². The molecule has 0 aliphatic carbocycles. The summed E-state index contributed by atoms with van der Waals surface area (Å²) in [4.78, 5) is 2.16. The van der Waals surface area contributed by atoms with Crippen LogP contribution in [0, 0.1) is 0 Å². The molecule has 2 aromatic rings. The summed E-state index contributed by atoms with van der Waals surface area (Å²) in [7, 11) is 2.12. The number of anilines is 1. The van der Waals surface area contributed by atoms with E-state index < -0.39 is 0 Å². The van der Waals surface area contributed by atoms with Gasteiger partial charge in [-0.15, -0.1) is 0 Å². The predicted octanol–water partition coefficient (Wildman–Crippen LogP) is 2.77. The maximum absolute atomic E-state index is 10.1. The molecular weight excluding hydrogens is 257 g/mol. The van der Waals surface area contributed by atoms with Gasteiger partial charge < -0.3 is 15.0 Å². The lowest BCUT2D eigenvalue weighted by molar-refractivity contribution is 0.446. The largest absolute Gasteiger partial charge is 0.507 e. The van der Waals surface area contributed by atoms with E-state index in [1.54, 1.807) is 24.9 Å². The first-order chi connectivity index (χ1) is 9.29. The first kappa shape index (κ1) is 12.4. The third-order valence-electron chi connectivity index (χ3n) is 3.20. The van der Waals surface area contributed by atoms with Crippen molar-refractivity contribution >= 4 is 25.1 Å². The molecule has 1 heterocycles. The third kappa shape index (κ3) is 2.31.